The number of rotatable bonds is 4. The minimum absolute atomic E-state index is 0.139. The zero-order valence-electron chi connectivity index (χ0n) is 19.6. The van der Waals surface area contributed by atoms with Gasteiger partial charge in [0.2, 0.25) is 5.91 Å². The Hall–Kier alpha value is -2.34. The number of carbonyl (C=O) groups is 1. The fourth-order valence-corrected chi connectivity index (χ4v) is 7.86. The number of phenolic OH excluding ortho intramolecular Hbond substituents is 1. The summed E-state index contributed by atoms with van der Waals surface area (Å²) in [5, 5.41) is 17.8. The van der Waals surface area contributed by atoms with E-state index in [1.54, 1.807) is 0 Å². The van der Waals surface area contributed by atoms with Crippen LogP contribution < -0.4 is 0 Å². The van der Waals surface area contributed by atoms with Crippen LogP contribution in [0.15, 0.2) is 24.4 Å². The van der Waals surface area contributed by atoms with Gasteiger partial charge in [0, 0.05) is 30.6 Å². The number of amides is 1. The lowest BCUT2D eigenvalue weighted by atomic mass is 9.53. The van der Waals surface area contributed by atoms with Crippen LogP contribution in [0.1, 0.15) is 79.7 Å². The summed E-state index contributed by atoms with van der Waals surface area (Å²) in [6.45, 7) is 5.24. The molecule has 1 amide bonds. The average Bonchev–Trinajstić information content (AvgIpc) is 3.41. The van der Waals surface area contributed by atoms with Crippen molar-refractivity contribution < 1.29 is 14.6 Å². The first-order valence-corrected chi connectivity index (χ1v) is 12.8. The smallest absolute Gasteiger partial charge is 0.222 e. The molecule has 2 heterocycles. The molecule has 33 heavy (non-hydrogen) atoms. The van der Waals surface area contributed by atoms with Crippen LogP contribution in [0.2, 0.25) is 0 Å². The number of morpholine rings is 1. The molecule has 1 aromatic heterocycles. The number of carbonyl (C=O) groups excluding carboxylic acids is 1. The average molecular weight is 450 g/mol. The van der Waals surface area contributed by atoms with E-state index in [0.717, 1.165) is 38.8 Å². The normalized spacial score (nSPS) is 32.6. The molecule has 1 unspecified atom stereocenters. The van der Waals surface area contributed by atoms with Crippen molar-refractivity contribution in [2.24, 2.45) is 11.8 Å². The number of benzene rings is 1. The second kappa shape index (κ2) is 8.15. The number of hydrogen-bond donors (Lipinski definition) is 2. The number of H-pyrrole nitrogens is 1. The molecule has 0 radical (unpaired) electrons. The van der Waals surface area contributed by atoms with Crippen LogP contribution in [0.4, 0.5) is 0 Å². The Balaban J connectivity index is 1.24. The van der Waals surface area contributed by atoms with E-state index in [1.165, 1.54) is 35.2 Å². The Labute approximate surface area is 195 Å². The molecule has 1 saturated heterocycles. The Morgan fingerprint density at radius 2 is 2.12 bits per heavy atom. The van der Waals surface area contributed by atoms with Crippen LogP contribution in [0.3, 0.4) is 0 Å². The maximum Gasteiger partial charge on any atom is 0.222 e. The Morgan fingerprint density at radius 3 is 2.97 bits per heavy atom. The van der Waals surface area contributed by atoms with Crippen LogP contribution in [0.25, 0.3) is 0 Å². The van der Waals surface area contributed by atoms with Gasteiger partial charge in [0.05, 0.1) is 19.4 Å². The van der Waals surface area contributed by atoms with Gasteiger partial charge >= 0.3 is 0 Å². The van der Waals surface area contributed by atoms with Crippen LogP contribution in [0.5, 0.6) is 5.75 Å². The lowest BCUT2D eigenvalue weighted by Gasteiger charge is -2.51. The first-order valence-electron chi connectivity index (χ1n) is 12.8. The molecule has 6 heteroatoms. The Bertz CT molecular complexity index is 1040. The van der Waals surface area contributed by atoms with Gasteiger partial charge < -0.3 is 14.7 Å². The van der Waals surface area contributed by atoms with Crippen molar-refractivity contribution in [3.63, 3.8) is 0 Å². The molecule has 4 aliphatic rings. The molecule has 5 atom stereocenters. The molecule has 2 N–H and O–H groups in total. The van der Waals surface area contributed by atoms with Crippen molar-refractivity contribution in [2.75, 3.05) is 26.3 Å². The summed E-state index contributed by atoms with van der Waals surface area (Å²) >= 11 is 0. The van der Waals surface area contributed by atoms with Crippen LogP contribution >= 0.6 is 0 Å². The minimum atomic E-state index is 0.139. The Morgan fingerprint density at radius 1 is 1.27 bits per heavy atom. The van der Waals surface area contributed by atoms with Gasteiger partial charge in [-0.2, -0.15) is 5.10 Å². The number of aromatic hydroxyl groups is 1. The van der Waals surface area contributed by atoms with Crippen molar-refractivity contribution in [1.29, 1.82) is 0 Å². The summed E-state index contributed by atoms with van der Waals surface area (Å²) in [6.07, 6.45) is 9.26. The van der Waals surface area contributed by atoms with Gasteiger partial charge in [-0.15, -0.1) is 0 Å². The lowest BCUT2D eigenvalue weighted by molar-refractivity contribution is -0.135. The zero-order valence-corrected chi connectivity index (χ0v) is 19.6. The highest BCUT2D eigenvalue weighted by Gasteiger charge is 2.57. The predicted octanol–water partition coefficient (Wildman–Crippen LogP) is 4.26. The van der Waals surface area contributed by atoms with Gasteiger partial charge in [-0.05, 0) is 91.0 Å². The SMILES string of the molecule is CC12CC[C@@H]3c4ccc(O)cc4CC[C@H]3[C@@H]1[C@H](CCCC(=O)N1CCOCC1)c1cn[nH]c12. The van der Waals surface area contributed by atoms with E-state index in [4.69, 9.17) is 4.74 Å². The molecule has 0 spiro atoms. The first kappa shape index (κ1) is 21.2. The van der Waals surface area contributed by atoms with E-state index < -0.39 is 0 Å². The molecular weight excluding hydrogens is 414 g/mol. The maximum atomic E-state index is 12.7. The van der Waals surface area contributed by atoms with Gasteiger partial charge in [0.25, 0.3) is 0 Å². The minimum Gasteiger partial charge on any atom is -0.508 e. The summed E-state index contributed by atoms with van der Waals surface area (Å²) in [7, 11) is 0. The molecule has 1 saturated carbocycles. The third kappa shape index (κ3) is 3.40. The Kier molecular flexibility index (Phi) is 5.24. The quantitative estimate of drug-likeness (QED) is 0.731. The fraction of sp³-hybridized carbons (Fsp3) is 0.630. The van der Waals surface area contributed by atoms with E-state index in [0.29, 0.717) is 49.1 Å². The van der Waals surface area contributed by atoms with Crippen molar-refractivity contribution in [3.05, 3.63) is 46.8 Å². The third-order valence-corrected chi connectivity index (χ3v) is 9.30. The summed E-state index contributed by atoms with van der Waals surface area (Å²) in [5.41, 5.74) is 5.69. The fourth-order valence-electron chi connectivity index (χ4n) is 7.86. The molecule has 1 aromatic carbocycles. The van der Waals surface area contributed by atoms with Gasteiger partial charge in [-0.3, -0.25) is 9.89 Å². The molecule has 176 valence electrons. The lowest BCUT2D eigenvalue weighted by Crippen LogP contribution is -2.44. The molecule has 2 fully saturated rings. The number of nitrogens with zero attached hydrogens (tertiary/aromatic N) is 2. The highest BCUT2D eigenvalue weighted by atomic mass is 16.5. The standard InChI is InChI=1S/C27H35N3O3/c1-27-10-9-20-19-8-6-18(31)15-17(19)5-7-22(20)25(27)21(23-16-28-29-26(23)27)3-2-4-24(32)30-11-13-33-14-12-30/h6,8,15-16,20-22,25,31H,2-5,7,9-14H2,1H3,(H,28,29)/t20-,21-,22-,25+,27?/m1/s1. The number of fused-ring (bicyclic) bond motifs is 7. The summed E-state index contributed by atoms with van der Waals surface area (Å²) in [6, 6.07) is 6.02. The molecule has 1 aliphatic heterocycles. The second-order valence-corrected chi connectivity index (χ2v) is 10.9. The third-order valence-electron chi connectivity index (χ3n) is 9.30. The molecular formula is C27H35N3O3. The van der Waals surface area contributed by atoms with Crippen LogP contribution in [0, 0.1) is 11.8 Å². The topological polar surface area (TPSA) is 78.4 Å². The summed E-state index contributed by atoms with van der Waals surface area (Å²) < 4.78 is 5.40. The van der Waals surface area contributed by atoms with Gasteiger partial charge in [-0.25, -0.2) is 0 Å². The van der Waals surface area contributed by atoms with E-state index in [2.05, 4.69) is 29.4 Å². The number of aryl methyl sites for hydroxylation is 1. The molecule has 6 rings (SSSR count). The molecule has 3 aliphatic carbocycles. The largest absolute Gasteiger partial charge is 0.508 e. The van der Waals surface area contributed by atoms with E-state index in [-0.39, 0.29) is 11.3 Å². The van der Waals surface area contributed by atoms with Crippen LogP contribution in [-0.4, -0.2) is 52.4 Å². The summed E-state index contributed by atoms with van der Waals surface area (Å²) in [5.74, 6) is 2.93. The second-order valence-electron chi connectivity index (χ2n) is 10.9. The number of phenols is 1. The van der Waals surface area contributed by atoms with E-state index >= 15 is 0 Å². The van der Waals surface area contributed by atoms with Crippen molar-refractivity contribution in [2.45, 2.75) is 69.1 Å². The number of hydrogen-bond acceptors (Lipinski definition) is 4. The van der Waals surface area contributed by atoms with Crippen molar-refractivity contribution >= 4 is 5.91 Å². The van der Waals surface area contributed by atoms with Crippen molar-refractivity contribution in [3.8, 4) is 5.75 Å². The van der Waals surface area contributed by atoms with Gasteiger partial charge in [0.1, 0.15) is 5.75 Å². The summed E-state index contributed by atoms with van der Waals surface area (Å²) in [4.78, 5) is 14.7. The highest BCUT2D eigenvalue weighted by molar-refractivity contribution is 5.76. The van der Waals surface area contributed by atoms with Crippen LogP contribution in [-0.2, 0) is 21.4 Å². The number of aromatic amines is 1. The number of ether oxygens (including phenoxy) is 1. The highest BCUT2D eigenvalue weighted by Crippen LogP contribution is 2.64. The predicted molar refractivity (Wildman–Crippen MR) is 125 cm³/mol. The maximum absolute atomic E-state index is 12.7. The zero-order chi connectivity index (χ0) is 22.6. The molecule has 6 nitrogen and oxygen atoms in total. The van der Waals surface area contributed by atoms with Gasteiger partial charge in [0.15, 0.2) is 0 Å². The number of aromatic nitrogens is 2. The van der Waals surface area contributed by atoms with Gasteiger partial charge in [-0.1, -0.05) is 13.0 Å². The number of nitrogens with one attached hydrogen (secondary N) is 1. The monoisotopic (exact) mass is 449 g/mol. The molecule has 2 aromatic rings. The van der Waals surface area contributed by atoms with E-state index in [9.17, 15) is 9.90 Å². The molecule has 0 bridgehead atoms. The van der Waals surface area contributed by atoms with Crippen molar-refractivity contribution in [1.82, 2.24) is 15.1 Å². The first-order chi connectivity index (χ1) is 16.1. The van der Waals surface area contributed by atoms with E-state index in [1.807, 2.05) is 17.0 Å².